The van der Waals surface area contributed by atoms with Gasteiger partial charge in [0.25, 0.3) is 8.05 Å². The van der Waals surface area contributed by atoms with Gasteiger partial charge in [-0.25, -0.2) is 0 Å². The van der Waals surface area contributed by atoms with Gasteiger partial charge in [-0.15, -0.1) is 0 Å². The van der Waals surface area contributed by atoms with E-state index in [0.29, 0.717) is 13.2 Å². The Balaban J connectivity index is 2.01. The predicted molar refractivity (Wildman–Crippen MR) is 40.9 cm³/mol. The fourth-order valence-corrected chi connectivity index (χ4v) is 1.75. The van der Waals surface area contributed by atoms with Gasteiger partial charge < -0.3 is 18.9 Å². The van der Waals surface area contributed by atoms with E-state index in [4.69, 9.17) is 26.9 Å². The lowest BCUT2D eigenvalue weighted by atomic mass is 10.1. The molecule has 2 rings (SSSR count). The molecule has 2 saturated heterocycles. The van der Waals surface area contributed by atoms with Crippen LogP contribution in [0.3, 0.4) is 0 Å². The molecule has 4 atom stereocenters. The molecule has 4 unspecified atom stereocenters. The summed E-state index contributed by atoms with van der Waals surface area (Å²) in [6.07, 6.45) is -0.186. The molecule has 0 N–H and O–H groups in total. The van der Waals surface area contributed by atoms with Crippen LogP contribution < -0.4 is 0 Å². The van der Waals surface area contributed by atoms with E-state index >= 15 is 0 Å². The highest BCUT2D eigenvalue weighted by atomic mass is 16.6. The molecule has 0 aromatic carbocycles. The standard InChI is InChI=1S/C7H11BO4/c1-9-4-2-10-7-5(12-8)3-11-6(4)7/h4-7H,2-3H2,1H3. The number of fused-ring (bicyclic) bond motifs is 1. The summed E-state index contributed by atoms with van der Waals surface area (Å²) in [4.78, 5) is 0. The summed E-state index contributed by atoms with van der Waals surface area (Å²) in [5.41, 5.74) is 0. The van der Waals surface area contributed by atoms with Crippen molar-refractivity contribution in [3.63, 3.8) is 0 Å². The summed E-state index contributed by atoms with van der Waals surface area (Å²) >= 11 is 0. The lowest BCUT2D eigenvalue weighted by Crippen LogP contribution is -2.33. The van der Waals surface area contributed by atoms with E-state index in [9.17, 15) is 0 Å². The summed E-state index contributed by atoms with van der Waals surface area (Å²) < 4.78 is 20.7. The predicted octanol–water partition coefficient (Wildman–Crippen LogP) is -0.732. The zero-order valence-corrected chi connectivity index (χ0v) is 6.93. The summed E-state index contributed by atoms with van der Waals surface area (Å²) in [5.74, 6) is 0. The van der Waals surface area contributed by atoms with Gasteiger partial charge in [-0.3, -0.25) is 0 Å². The number of hydrogen-bond acceptors (Lipinski definition) is 4. The van der Waals surface area contributed by atoms with E-state index in [-0.39, 0.29) is 24.4 Å². The van der Waals surface area contributed by atoms with Gasteiger partial charge in [0.15, 0.2) is 0 Å². The third-order valence-electron chi connectivity index (χ3n) is 2.44. The SMILES string of the molecule is [B]OC1COC2C(OC)COC12. The second-order valence-electron chi connectivity index (χ2n) is 3.04. The average Bonchev–Trinajstić information content (AvgIpc) is 2.62. The van der Waals surface area contributed by atoms with E-state index < -0.39 is 0 Å². The van der Waals surface area contributed by atoms with Crippen LogP contribution in [-0.4, -0.2) is 52.8 Å². The largest absolute Gasteiger partial charge is 0.440 e. The van der Waals surface area contributed by atoms with Crippen LogP contribution in [0.1, 0.15) is 0 Å². The van der Waals surface area contributed by atoms with Gasteiger partial charge in [0, 0.05) is 7.11 Å². The molecule has 0 bridgehead atoms. The molecule has 4 nitrogen and oxygen atoms in total. The fraction of sp³-hybridized carbons (Fsp3) is 1.00. The Morgan fingerprint density at radius 3 is 2.33 bits per heavy atom. The van der Waals surface area contributed by atoms with E-state index in [1.807, 2.05) is 0 Å². The minimum absolute atomic E-state index is 0.0106. The molecule has 2 aliphatic rings. The molecule has 0 saturated carbocycles. The van der Waals surface area contributed by atoms with Crippen molar-refractivity contribution in [1.82, 2.24) is 0 Å². The first-order chi connectivity index (χ1) is 5.86. The number of rotatable bonds is 2. The molecule has 0 spiro atoms. The second-order valence-corrected chi connectivity index (χ2v) is 3.04. The molecule has 2 aliphatic heterocycles. The molecule has 0 aliphatic carbocycles. The van der Waals surface area contributed by atoms with E-state index in [1.54, 1.807) is 7.11 Å². The summed E-state index contributed by atoms with van der Waals surface area (Å²) in [6, 6.07) is 0. The number of hydrogen-bond donors (Lipinski definition) is 0. The van der Waals surface area contributed by atoms with Gasteiger partial charge in [0.1, 0.15) is 18.3 Å². The quantitative estimate of drug-likeness (QED) is 0.512. The number of ether oxygens (including phenoxy) is 3. The van der Waals surface area contributed by atoms with Gasteiger partial charge in [0.05, 0.1) is 19.3 Å². The van der Waals surface area contributed by atoms with Crippen molar-refractivity contribution >= 4 is 8.05 Å². The van der Waals surface area contributed by atoms with Crippen LogP contribution in [0.25, 0.3) is 0 Å². The van der Waals surface area contributed by atoms with Crippen LogP contribution in [0, 0.1) is 0 Å². The van der Waals surface area contributed by atoms with Gasteiger partial charge in [-0.1, -0.05) is 0 Å². The first kappa shape index (κ1) is 8.50. The Morgan fingerprint density at radius 1 is 1.17 bits per heavy atom. The second kappa shape index (κ2) is 3.34. The Kier molecular flexibility index (Phi) is 2.36. The molecule has 12 heavy (non-hydrogen) atoms. The molecule has 2 radical (unpaired) electrons. The van der Waals surface area contributed by atoms with E-state index in [2.05, 4.69) is 0 Å². The van der Waals surface area contributed by atoms with Gasteiger partial charge in [-0.2, -0.15) is 0 Å². The molecule has 0 aromatic rings. The molecule has 66 valence electrons. The Morgan fingerprint density at radius 2 is 1.75 bits per heavy atom. The summed E-state index contributed by atoms with van der Waals surface area (Å²) in [5, 5.41) is 0. The third kappa shape index (κ3) is 1.17. The first-order valence-electron chi connectivity index (χ1n) is 3.98. The molecule has 5 heteroatoms. The highest BCUT2D eigenvalue weighted by molar-refractivity contribution is 5.98. The van der Waals surface area contributed by atoms with Crippen molar-refractivity contribution in [2.45, 2.75) is 24.4 Å². The average molecular weight is 170 g/mol. The maximum atomic E-state index is 5.43. The third-order valence-corrected chi connectivity index (χ3v) is 2.44. The monoisotopic (exact) mass is 170 g/mol. The van der Waals surface area contributed by atoms with Crippen molar-refractivity contribution < 1.29 is 18.9 Å². The zero-order chi connectivity index (χ0) is 8.55. The molecular weight excluding hydrogens is 159 g/mol. The van der Waals surface area contributed by atoms with Crippen LogP contribution in [-0.2, 0) is 18.9 Å². The van der Waals surface area contributed by atoms with Gasteiger partial charge in [-0.05, 0) is 0 Å². The maximum absolute atomic E-state index is 5.43. The van der Waals surface area contributed by atoms with Crippen molar-refractivity contribution in [2.75, 3.05) is 20.3 Å². The van der Waals surface area contributed by atoms with Crippen LogP contribution in [0.15, 0.2) is 0 Å². The molecule has 2 heterocycles. The maximum Gasteiger partial charge on any atom is 0.283 e. The Hall–Kier alpha value is -0.0951. The first-order valence-corrected chi connectivity index (χ1v) is 3.98. The topological polar surface area (TPSA) is 36.9 Å². The lowest BCUT2D eigenvalue weighted by Gasteiger charge is -2.14. The summed E-state index contributed by atoms with van der Waals surface area (Å²) in [6.45, 7) is 1.05. The van der Waals surface area contributed by atoms with Crippen molar-refractivity contribution in [2.24, 2.45) is 0 Å². The normalized spacial score (nSPS) is 46.4. The van der Waals surface area contributed by atoms with Crippen LogP contribution in [0.5, 0.6) is 0 Å². The van der Waals surface area contributed by atoms with Crippen LogP contribution in [0.2, 0.25) is 0 Å². The molecule has 0 aromatic heterocycles. The Labute approximate surface area is 72.6 Å². The van der Waals surface area contributed by atoms with Crippen LogP contribution in [0.4, 0.5) is 0 Å². The van der Waals surface area contributed by atoms with Crippen LogP contribution >= 0.6 is 0 Å². The zero-order valence-electron chi connectivity index (χ0n) is 6.93. The molecule has 0 amide bonds. The van der Waals surface area contributed by atoms with Crippen molar-refractivity contribution in [3.05, 3.63) is 0 Å². The molecular formula is C7H11BO4. The lowest BCUT2D eigenvalue weighted by molar-refractivity contribution is -0.0132. The van der Waals surface area contributed by atoms with Gasteiger partial charge in [0.2, 0.25) is 0 Å². The smallest absolute Gasteiger partial charge is 0.283 e. The van der Waals surface area contributed by atoms with Crippen molar-refractivity contribution in [1.29, 1.82) is 0 Å². The minimum Gasteiger partial charge on any atom is -0.440 e. The highest BCUT2D eigenvalue weighted by Gasteiger charge is 2.47. The molecule has 2 fully saturated rings. The minimum atomic E-state index is -0.143. The highest BCUT2D eigenvalue weighted by Crippen LogP contribution is 2.29. The van der Waals surface area contributed by atoms with E-state index in [1.165, 1.54) is 0 Å². The van der Waals surface area contributed by atoms with E-state index in [0.717, 1.165) is 0 Å². The van der Waals surface area contributed by atoms with Gasteiger partial charge >= 0.3 is 0 Å². The number of methoxy groups -OCH3 is 1. The summed E-state index contributed by atoms with van der Waals surface area (Å²) in [7, 11) is 6.73. The van der Waals surface area contributed by atoms with Crippen molar-refractivity contribution in [3.8, 4) is 0 Å². The Bertz CT molecular complexity index is 147. The fourth-order valence-electron chi connectivity index (χ4n) is 1.75.